The molecule has 0 spiro atoms. The van der Waals surface area contributed by atoms with Gasteiger partial charge in [0.1, 0.15) is 0 Å². The zero-order valence-electron chi connectivity index (χ0n) is 11.1. The number of urea groups is 1. The third kappa shape index (κ3) is 3.02. The van der Waals surface area contributed by atoms with Crippen LogP contribution in [0.25, 0.3) is 0 Å². The largest absolute Gasteiger partial charge is 0.348 e. The van der Waals surface area contributed by atoms with Crippen molar-refractivity contribution in [3.8, 4) is 0 Å². The maximum atomic E-state index is 12.0. The van der Waals surface area contributed by atoms with Crippen molar-refractivity contribution in [1.29, 1.82) is 0 Å². The number of carbonyl (C=O) groups is 2. The van der Waals surface area contributed by atoms with E-state index < -0.39 is 0 Å². The van der Waals surface area contributed by atoms with Crippen molar-refractivity contribution in [2.75, 3.05) is 24.5 Å². The van der Waals surface area contributed by atoms with E-state index in [1.54, 1.807) is 18.2 Å². The molecular formula is C13H17ClN4O2. The monoisotopic (exact) mass is 296 g/mol. The Labute approximate surface area is 122 Å². The van der Waals surface area contributed by atoms with Gasteiger partial charge in [-0.25, -0.2) is 4.79 Å². The van der Waals surface area contributed by atoms with Gasteiger partial charge in [-0.1, -0.05) is 11.6 Å². The number of amides is 3. The molecule has 1 heterocycles. The summed E-state index contributed by atoms with van der Waals surface area (Å²) in [7, 11) is 0. The van der Waals surface area contributed by atoms with Crippen LogP contribution in [0.2, 0.25) is 5.02 Å². The molecule has 20 heavy (non-hydrogen) atoms. The Morgan fingerprint density at radius 1 is 1.60 bits per heavy atom. The van der Waals surface area contributed by atoms with Gasteiger partial charge in [-0.05, 0) is 25.1 Å². The number of hydrogen-bond donors (Lipinski definition) is 3. The third-order valence-corrected chi connectivity index (χ3v) is 3.41. The normalized spacial score (nSPS) is 15.9. The minimum Gasteiger partial charge on any atom is -0.348 e. The summed E-state index contributed by atoms with van der Waals surface area (Å²) < 4.78 is 0. The van der Waals surface area contributed by atoms with Crippen molar-refractivity contribution in [2.45, 2.75) is 13.0 Å². The fourth-order valence-electron chi connectivity index (χ4n) is 1.93. The first-order chi connectivity index (χ1) is 9.52. The fraction of sp³-hybridized carbons (Fsp3) is 0.385. The Balaban J connectivity index is 2.24. The topological polar surface area (TPSA) is 87.5 Å². The summed E-state index contributed by atoms with van der Waals surface area (Å²) in [5.41, 5.74) is 6.46. The smallest absolute Gasteiger partial charge is 0.322 e. The molecule has 0 aromatic heterocycles. The first-order valence-electron chi connectivity index (χ1n) is 6.38. The molecule has 0 aliphatic carbocycles. The molecule has 1 fully saturated rings. The van der Waals surface area contributed by atoms with Gasteiger partial charge in [-0.2, -0.15) is 0 Å². The van der Waals surface area contributed by atoms with Gasteiger partial charge in [0, 0.05) is 31.2 Å². The van der Waals surface area contributed by atoms with Gasteiger partial charge in [0.15, 0.2) is 0 Å². The highest BCUT2D eigenvalue weighted by Crippen LogP contribution is 2.28. The first-order valence-corrected chi connectivity index (χ1v) is 6.76. The Bertz CT molecular complexity index is 535. The second-order valence-corrected chi connectivity index (χ2v) is 5.07. The van der Waals surface area contributed by atoms with E-state index in [4.69, 9.17) is 17.3 Å². The molecule has 1 aliphatic rings. The van der Waals surface area contributed by atoms with Crippen molar-refractivity contribution in [1.82, 2.24) is 10.6 Å². The van der Waals surface area contributed by atoms with E-state index in [1.807, 2.05) is 6.92 Å². The Hall–Kier alpha value is -1.79. The maximum absolute atomic E-state index is 12.0. The van der Waals surface area contributed by atoms with Gasteiger partial charge < -0.3 is 16.4 Å². The Morgan fingerprint density at radius 3 is 2.95 bits per heavy atom. The van der Waals surface area contributed by atoms with Crippen LogP contribution in [0.15, 0.2) is 18.2 Å². The van der Waals surface area contributed by atoms with Gasteiger partial charge in [-0.15, -0.1) is 0 Å². The lowest BCUT2D eigenvalue weighted by atomic mass is 10.1. The molecule has 1 aliphatic heterocycles. The van der Waals surface area contributed by atoms with Gasteiger partial charge in [-0.3, -0.25) is 9.69 Å². The molecule has 1 atom stereocenters. The summed E-state index contributed by atoms with van der Waals surface area (Å²) in [4.78, 5) is 25.2. The van der Waals surface area contributed by atoms with Crippen molar-refractivity contribution >= 4 is 29.2 Å². The summed E-state index contributed by atoms with van der Waals surface area (Å²) in [5, 5.41) is 5.90. The zero-order valence-corrected chi connectivity index (χ0v) is 11.9. The summed E-state index contributed by atoms with van der Waals surface area (Å²) >= 11 is 6.11. The van der Waals surface area contributed by atoms with Crippen molar-refractivity contribution < 1.29 is 9.59 Å². The molecule has 108 valence electrons. The molecule has 0 bridgehead atoms. The first kappa shape index (κ1) is 14.6. The summed E-state index contributed by atoms with van der Waals surface area (Å²) in [5.74, 6) is -0.236. The predicted molar refractivity (Wildman–Crippen MR) is 78.2 cm³/mol. The highest BCUT2D eigenvalue weighted by atomic mass is 35.5. The fourth-order valence-corrected chi connectivity index (χ4v) is 2.15. The lowest BCUT2D eigenvalue weighted by Crippen LogP contribution is -2.37. The number of nitrogens with two attached hydrogens (primary N) is 1. The number of nitrogens with one attached hydrogen (secondary N) is 2. The summed E-state index contributed by atoms with van der Waals surface area (Å²) in [6.07, 6.45) is 0. The van der Waals surface area contributed by atoms with Crippen LogP contribution in [-0.2, 0) is 0 Å². The maximum Gasteiger partial charge on any atom is 0.322 e. The number of nitrogens with zero attached hydrogens (tertiary/aromatic N) is 1. The van der Waals surface area contributed by atoms with Crippen LogP contribution in [0.1, 0.15) is 17.3 Å². The number of benzene rings is 1. The molecule has 7 heteroatoms. The van der Waals surface area contributed by atoms with E-state index in [2.05, 4.69) is 10.6 Å². The van der Waals surface area contributed by atoms with Crippen LogP contribution >= 0.6 is 11.6 Å². The van der Waals surface area contributed by atoms with Gasteiger partial charge in [0.25, 0.3) is 5.91 Å². The van der Waals surface area contributed by atoms with E-state index in [9.17, 15) is 9.59 Å². The van der Waals surface area contributed by atoms with Crippen LogP contribution in [-0.4, -0.2) is 37.6 Å². The molecule has 1 saturated heterocycles. The standard InChI is InChI=1S/C13H17ClN4O2/c1-8(7-15)17-12(19)9-2-3-10(14)11(6-9)18-5-4-16-13(18)20/h2-3,6,8H,4-5,7,15H2,1H3,(H,16,20)(H,17,19)/t8-/m0/s1. The molecule has 1 aromatic rings. The summed E-state index contributed by atoms with van der Waals surface area (Å²) in [6.45, 7) is 3.28. The van der Waals surface area contributed by atoms with Crippen LogP contribution in [0.3, 0.4) is 0 Å². The van der Waals surface area contributed by atoms with Crippen molar-refractivity contribution in [2.24, 2.45) is 5.73 Å². The quantitative estimate of drug-likeness (QED) is 0.773. The third-order valence-electron chi connectivity index (χ3n) is 3.09. The van der Waals surface area contributed by atoms with E-state index in [0.717, 1.165) is 0 Å². The van der Waals surface area contributed by atoms with Crippen molar-refractivity contribution in [3.05, 3.63) is 28.8 Å². The van der Waals surface area contributed by atoms with E-state index in [-0.39, 0.29) is 18.0 Å². The molecule has 3 amide bonds. The lowest BCUT2D eigenvalue weighted by molar-refractivity contribution is 0.0941. The summed E-state index contributed by atoms with van der Waals surface area (Å²) in [6, 6.07) is 4.53. The number of rotatable bonds is 4. The van der Waals surface area contributed by atoms with E-state index >= 15 is 0 Å². The molecule has 1 aromatic carbocycles. The highest BCUT2D eigenvalue weighted by Gasteiger charge is 2.24. The SMILES string of the molecule is C[C@@H](CN)NC(=O)c1ccc(Cl)c(N2CCNC2=O)c1. The molecule has 4 N–H and O–H groups in total. The van der Waals surface area contributed by atoms with Crippen LogP contribution in [0.4, 0.5) is 10.5 Å². The van der Waals surface area contributed by atoms with Crippen LogP contribution in [0.5, 0.6) is 0 Å². The van der Waals surface area contributed by atoms with E-state index in [0.29, 0.717) is 35.9 Å². The molecule has 2 rings (SSSR count). The highest BCUT2D eigenvalue weighted by molar-refractivity contribution is 6.34. The minimum absolute atomic E-state index is 0.114. The molecule has 0 saturated carbocycles. The molecular weight excluding hydrogens is 280 g/mol. The zero-order chi connectivity index (χ0) is 14.7. The second kappa shape index (κ2) is 6.11. The molecule has 0 radical (unpaired) electrons. The van der Waals surface area contributed by atoms with Gasteiger partial charge >= 0.3 is 6.03 Å². The lowest BCUT2D eigenvalue weighted by Gasteiger charge is -2.17. The van der Waals surface area contributed by atoms with Gasteiger partial charge in [0.05, 0.1) is 10.7 Å². The van der Waals surface area contributed by atoms with Crippen LogP contribution in [0, 0.1) is 0 Å². The number of anilines is 1. The van der Waals surface area contributed by atoms with E-state index in [1.165, 1.54) is 4.90 Å². The number of halogens is 1. The minimum atomic E-state index is -0.236. The average Bonchev–Trinajstić information content (AvgIpc) is 2.85. The number of hydrogen-bond acceptors (Lipinski definition) is 3. The Kier molecular flexibility index (Phi) is 4.46. The molecule has 6 nitrogen and oxygen atoms in total. The van der Waals surface area contributed by atoms with Gasteiger partial charge in [0.2, 0.25) is 0 Å². The van der Waals surface area contributed by atoms with Crippen LogP contribution < -0.4 is 21.3 Å². The average molecular weight is 297 g/mol. The Morgan fingerprint density at radius 2 is 2.35 bits per heavy atom. The number of carbonyl (C=O) groups excluding carboxylic acids is 2. The predicted octanol–water partition coefficient (Wildman–Crippen LogP) is 0.947. The second-order valence-electron chi connectivity index (χ2n) is 4.66. The molecule has 0 unspecified atom stereocenters. The van der Waals surface area contributed by atoms with Crippen molar-refractivity contribution in [3.63, 3.8) is 0 Å².